The Bertz CT molecular complexity index is 977. The minimum absolute atomic E-state index is 0.183. The van der Waals surface area contributed by atoms with Crippen molar-refractivity contribution in [2.75, 3.05) is 13.2 Å². The number of amides is 1. The summed E-state index contributed by atoms with van der Waals surface area (Å²) < 4.78 is 11.2. The van der Waals surface area contributed by atoms with Crippen molar-refractivity contribution in [3.8, 4) is 0 Å². The monoisotopic (exact) mass is 838 g/mol. The largest absolute Gasteiger partial charge is 0.394 e. The molecule has 1 saturated heterocycles. The van der Waals surface area contributed by atoms with Crippen LogP contribution in [0.15, 0.2) is 24.3 Å². The van der Waals surface area contributed by atoms with E-state index in [-0.39, 0.29) is 12.5 Å². The van der Waals surface area contributed by atoms with Crippen LogP contribution in [-0.2, 0) is 14.3 Å². The van der Waals surface area contributed by atoms with Crippen LogP contribution in [0.2, 0.25) is 0 Å². The number of aliphatic hydroxyl groups is 5. The molecule has 1 aliphatic heterocycles. The number of allylic oxidation sites excluding steroid dienone is 3. The molecule has 1 aliphatic rings. The molecule has 1 amide bonds. The topological polar surface area (TPSA) is 149 Å². The number of hydrogen-bond donors (Lipinski definition) is 6. The molecule has 0 spiro atoms. The third-order valence-corrected chi connectivity index (χ3v) is 12.0. The maximum atomic E-state index is 13.0. The van der Waals surface area contributed by atoms with Gasteiger partial charge >= 0.3 is 0 Å². The van der Waals surface area contributed by atoms with Gasteiger partial charge in [-0.15, -0.1) is 0 Å². The lowest BCUT2D eigenvalue weighted by Gasteiger charge is -2.40. The first-order chi connectivity index (χ1) is 28.8. The number of aliphatic hydroxyl groups excluding tert-OH is 5. The number of hydrogen-bond acceptors (Lipinski definition) is 8. The molecule has 6 N–H and O–H groups in total. The van der Waals surface area contributed by atoms with Crippen molar-refractivity contribution in [3.05, 3.63) is 24.3 Å². The molecular weight excluding hydrogens is 743 g/mol. The summed E-state index contributed by atoms with van der Waals surface area (Å²) in [6.45, 7) is 3.77. The van der Waals surface area contributed by atoms with Crippen LogP contribution < -0.4 is 5.32 Å². The van der Waals surface area contributed by atoms with Crippen molar-refractivity contribution in [2.45, 2.75) is 275 Å². The summed E-state index contributed by atoms with van der Waals surface area (Å²) in [6, 6.07) is -0.816. The van der Waals surface area contributed by atoms with E-state index in [9.17, 15) is 30.3 Å². The zero-order valence-electron chi connectivity index (χ0n) is 38.3. The minimum atomic E-state index is -1.57. The molecule has 0 aromatic heterocycles. The molecule has 0 saturated carbocycles. The van der Waals surface area contributed by atoms with E-state index < -0.39 is 49.5 Å². The molecule has 0 aromatic rings. The van der Waals surface area contributed by atoms with Crippen molar-refractivity contribution in [2.24, 2.45) is 0 Å². The molecule has 1 fully saturated rings. The molecule has 59 heavy (non-hydrogen) atoms. The van der Waals surface area contributed by atoms with Gasteiger partial charge in [-0.3, -0.25) is 4.79 Å². The molecule has 9 nitrogen and oxygen atoms in total. The van der Waals surface area contributed by atoms with Crippen LogP contribution in [0.1, 0.15) is 232 Å². The Balaban J connectivity index is 2.28. The van der Waals surface area contributed by atoms with Gasteiger partial charge in [0.2, 0.25) is 5.91 Å². The van der Waals surface area contributed by atoms with E-state index >= 15 is 0 Å². The molecule has 1 heterocycles. The summed E-state index contributed by atoms with van der Waals surface area (Å²) in [7, 11) is 0. The van der Waals surface area contributed by atoms with Gasteiger partial charge in [-0.1, -0.05) is 218 Å². The highest BCUT2D eigenvalue weighted by Crippen LogP contribution is 2.23. The quantitative estimate of drug-likeness (QED) is 0.0263. The average molecular weight is 838 g/mol. The van der Waals surface area contributed by atoms with Gasteiger partial charge in [0.25, 0.3) is 0 Å². The van der Waals surface area contributed by atoms with Gasteiger partial charge in [-0.05, 0) is 32.1 Å². The zero-order chi connectivity index (χ0) is 43.0. The van der Waals surface area contributed by atoms with E-state index in [0.29, 0.717) is 6.42 Å². The Morgan fingerprint density at radius 3 is 1.42 bits per heavy atom. The second-order valence-electron chi connectivity index (χ2n) is 17.6. The SMILES string of the molecule is CCCCCCCCCC/C=C/CC/C=C/C(O)C(COC1OC(CO)C(O)C(O)C1O)NC(=O)CCCCCCCCCCCCCCCCCCCCCCCC. The smallest absolute Gasteiger partial charge is 0.220 e. The number of carbonyl (C=O) groups is 1. The molecule has 7 atom stereocenters. The normalized spacial score (nSPS) is 20.8. The highest BCUT2D eigenvalue weighted by molar-refractivity contribution is 5.76. The van der Waals surface area contributed by atoms with Gasteiger partial charge in [0, 0.05) is 6.42 Å². The number of ether oxygens (including phenoxy) is 2. The average Bonchev–Trinajstić information content (AvgIpc) is 3.23. The molecular formula is C50H95NO8. The molecule has 0 radical (unpaired) electrons. The molecule has 1 rings (SSSR count). The van der Waals surface area contributed by atoms with Crippen molar-refractivity contribution >= 4 is 5.91 Å². The highest BCUT2D eigenvalue weighted by atomic mass is 16.7. The van der Waals surface area contributed by atoms with Crippen LogP contribution in [0.3, 0.4) is 0 Å². The van der Waals surface area contributed by atoms with Gasteiger partial charge in [0.15, 0.2) is 6.29 Å². The van der Waals surface area contributed by atoms with Crippen molar-refractivity contribution < 1.29 is 39.8 Å². The number of carbonyl (C=O) groups excluding carboxylic acids is 1. The molecule has 0 bridgehead atoms. The zero-order valence-corrected chi connectivity index (χ0v) is 38.3. The van der Waals surface area contributed by atoms with Gasteiger partial charge in [-0.2, -0.15) is 0 Å². The molecule has 348 valence electrons. The number of rotatable bonds is 42. The van der Waals surface area contributed by atoms with Crippen LogP contribution in [0.5, 0.6) is 0 Å². The third kappa shape index (κ3) is 31.2. The highest BCUT2D eigenvalue weighted by Gasteiger charge is 2.44. The minimum Gasteiger partial charge on any atom is -0.394 e. The second-order valence-corrected chi connectivity index (χ2v) is 17.6. The first kappa shape index (κ1) is 55.7. The summed E-state index contributed by atoms with van der Waals surface area (Å²) in [5.41, 5.74) is 0. The van der Waals surface area contributed by atoms with Crippen LogP contribution in [0, 0.1) is 0 Å². The predicted octanol–water partition coefficient (Wildman–Crippen LogP) is 11.1. The van der Waals surface area contributed by atoms with E-state index in [0.717, 1.165) is 38.5 Å². The Kier molecular flexibility index (Phi) is 38.4. The third-order valence-electron chi connectivity index (χ3n) is 12.0. The summed E-state index contributed by atoms with van der Waals surface area (Å²) >= 11 is 0. The summed E-state index contributed by atoms with van der Waals surface area (Å²) in [5.74, 6) is -0.183. The number of nitrogens with one attached hydrogen (secondary N) is 1. The maximum absolute atomic E-state index is 13.0. The van der Waals surface area contributed by atoms with E-state index in [1.807, 2.05) is 6.08 Å². The summed E-state index contributed by atoms with van der Waals surface area (Å²) in [6.07, 6.45) is 42.3. The lowest BCUT2D eigenvalue weighted by Crippen LogP contribution is -2.60. The summed E-state index contributed by atoms with van der Waals surface area (Å²) in [5, 5.41) is 54.2. The fourth-order valence-corrected chi connectivity index (χ4v) is 8.00. The number of unbranched alkanes of at least 4 members (excludes halogenated alkanes) is 30. The molecule has 9 heteroatoms. The fourth-order valence-electron chi connectivity index (χ4n) is 8.00. The Labute approximate surface area is 362 Å². The fraction of sp³-hybridized carbons (Fsp3) is 0.900. The lowest BCUT2D eigenvalue weighted by molar-refractivity contribution is -0.302. The van der Waals surface area contributed by atoms with Gasteiger partial charge in [0.05, 0.1) is 25.4 Å². The molecule has 0 aromatic carbocycles. The molecule has 0 aliphatic carbocycles. The Hall–Kier alpha value is -1.33. The molecule has 7 unspecified atom stereocenters. The van der Waals surface area contributed by atoms with Crippen LogP contribution in [0.4, 0.5) is 0 Å². The van der Waals surface area contributed by atoms with E-state index in [1.54, 1.807) is 6.08 Å². The standard InChI is InChI=1S/C50H95NO8/c1-3-5-7-9-11-13-15-17-19-20-21-22-23-24-25-26-28-30-32-34-36-38-40-46(54)51-43(42-58-50-49(57)48(56)47(55)45(41-52)59-50)44(53)39-37-35-33-31-29-27-18-16-14-12-10-8-6-4-2/h29,31,37,39,43-45,47-50,52-53,55-57H,3-28,30,32-36,38,40-42H2,1-2H3,(H,51,54)/b31-29+,39-37+. The van der Waals surface area contributed by atoms with Crippen LogP contribution >= 0.6 is 0 Å². The first-order valence-electron chi connectivity index (χ1n) is 25.1. The van der Waals surface area contributed by atoms with Crippen LogP contribution in [-0.4, -0.2) is 87.5 Å². The van der Waals surface area contributed by atoms with Crippen molar-refractivity contribution in [3.63, 3.8) is 0 Å². The summed E-state index contributed by atoms with van der Waals surface area (Å²) in [4.78, 5) is 13.0. The maximum Gasteiger partial charge on any atom is 0.220 e. The van der Waals surface area contributed by atoms with Crippen LogP contribution in [0.25, 0.3) is 0 Å². The van der Waals surface area contributed by atoms with Crippen molar-refractivity contribution in [1.82, 2.24) is 5.32 Å². The van der Waals surface area contributed by atoms with Gasteiger partial charge < -0.3 is 40.3 Å². The van der Waals surface area contributed by atoms with Gasteiger partial charge in [0.1, 0.15) is 24.4 Å². The van der Waals surface area contributed by atoms with Crippen molar-refractivity contribution in [1.29, 1.82) is 0 Å². The van der Waals surface area contributed by atoms with Gasteiger partial charge in [-0.25, -0.2) is 0 Å². The van der Waals surface area contributed by atoms with E-state index in [4.69, 9.17) is 9.47 Å². The predicted molar refractivity (Wildman–Crippen MR) is 244 cm³/mol. The van der Waals surface area contributed by atoms with E-state index in [2.05, 4.69) is 31.3 Å². The Morgan fingerprint density at radius 1 is 0.559 bits per heavy atom. The van der Waals surface area contributed by atoms with E-state index in [1.165, 1.54) is 173 Å². The lowest BCUT2D eigenvalue weighted by atomic mass is 9.99. The second kappa shape index (κ2) is 40.7. The first-order valence-corrected chi connectivity index (χ1v) is 25.1. The Morgan fingerprint density at radius 2 is 0.966 bits per heavy atom.